The van der Waals surface area contributed by atoms with E-state index in [-0.39, 0.29) is 24.6 Å². The molecular weight excluding hydrogens is 280 g/mol. The molecule has 1 saturated carbocycles. The van der Waals surface area contributed by atoms with Gasteiger partial charge in [0.05, 0.1) is 18.4 Å². The van der Waals surface area contributed by atoms with Crippen molar-refractivity contribution in [1.29, 1.82) is 0 Å². The van der Waals surface area contributed by atoms with Crippen LogP contribution in [0, 0.1) is 5.92 Å². The van der Waals surface area contributed by atoms with Crippen LogP contribution in [0.25, 0.3) is 0 Å². The summed E-state index contributed by atoms with van der Waals surface area (Å²) in [5.41, 5.74) is 6.91. The smallest absolute Gasteiger partial charge is 0.195 e. The van der Waals surface area contributed by atoms with Crippen LogP contribution in [-0.4, -0.2) is 39.8 Å². The van der Waals surface area contributed by atoms with Gasteiger partial charge in [-0.2, -0.15) is 4.99 Å². The van der Waals surface area contributed by atoms with E-state index in [2.05, 4.69) is 37.3 Å². The highest BCUT2D eigenvalue weighted by atomic mass is 16.3. The zero-order valence-electron chi connectivity index (χ0n) is 12.4. The largest absolute Gasteiger partial charge is 0.396 e. The SMILES string of the molecule is NC1=Nc2c(ncn2C2C=CC(CO)C2)C(NC2CC2)CN1. The van der Waals surface area contributed by atoms with Gasteiger partial charge in [0, 0.05) is 25.1 Å². The van der Waals surface area contributed by atoms with E-state index in [1.165, 1.54) is 12.8 Å². The van der Waals surface area contributed by atoms with E-state index in [1.807, 2.05) is 6.33 Å². The average Bonchev–Trinajstić information content (AvgIpc) is 3.09. The fraction of sp³-hybridized carbons (Fsp3) is 0.600. The summed E-state index contributed by atoms with van der Waals surface area (Å²) in [7, 11) is 0. The molecule has 5 N–H and O–H groups in total. The average molecular weight is 302 g/mol. The number of aliphatic hydroxyl groups excluding tert-OH is 1. The molecule has 0 bridgehead atoms. The maximum Gasteiger partial charge on any atom is 0.195 e. The van der Waals surface area contributed by atoms with Gasteiger partial charge in [-0.1, -0.05) is 12.2 Å². The Bertz CT molecular complexity index is 618. The Morgan fingerprint density at radius 3 is 3.00 bits per heavy atom. The van der Waals surface area contributed by atoms with E-state index < -0.39 is 0 Å². The third-order valence-corrected chi connectivity index (χ3v) is 4.59. The number of nitrogens with one attached hydrogen (secondary N) is 2. The lowest BCUT2D eigenvalue weighted by molar-refractivity contribution is 0.244. The molecule has 7 heteroatoms. The first-order valence-electron chi connectivity index (χ1n) is 7.94. The first-order chi connectivity index (χ1) is 10.7. The Balaban J connectivity index is 1.65. The standard InChI is InChI=1S/C15H22N6O/c16-15-17-6-12(19-10-2-3-10)13-14(20-15)21(8-18-13)11-4-1-9(5-11)7-22/h1,4,8-12,19,22H,2-3,5-7H2,(H3,16,17,20). The molecule has 0 amide bonds. The zero-order chi connectivity index (χ0) is 15.1. The normalized spacial score (nSPS) is 30.6. The number of hydrogen-bond acceptors (Lipinski definition) is 6. The van der Waals surface area contributed by atoms with Crippen LogP contribution in [0.1, 0.15) is 37.0 Å². The molecular formula is C15H22N6O. The summed E-state index contributed by atoms with van der Waals surface area (Å²) in [6, 6.07) is 0.909. The number of guanidine groups is 1. The van der Waals surface area contributed by atoms with E-state index >= 15 is 0 Å². The third-order valence-electron chi connectivity index (χ3n) is 4.59. The fourth-order valence-corrected chi connectivity index (χ4v) is 3.20. The predicted octanol–water partition coefficient (Wildman–Crippen LogP) is 0.335. The number of imidazole rings is 1. The van der Waals surface area contributed by atoms with Gasteiger partial charge in [-0.15, -0.1) is 0 Å². The highest BCUT2D eigenvalue weighted by molar-refractivity contribution is 5.81. The quantitative estimate of drug-likeness (QED) is 0.601. The minimum Gasteiger partial charge on any atom is -0.396 e. The fourth-order valence-electron chi connectivity index (χ4n) is 3.20. The second-order valence-corrected chi connectivity index (χ2v) is 6.36. The van der Waals surface area contributed by atoms with Crippen molar-refractivity contribution in [2.75, 3.05) is 13.2 Å². The molecule has 2 heterocycles. The van der Waals surface area contributed by atoms with E-state index in [0.29, 0.717) is 18.5 Å². The van der Waals surface area contributed by atoms with Crippen LogP contribution in [0.2, 0.25) is 0 Å². The van der Waals surface area contributed by atoms with E-state index in [4.69, 9.17) is 5.73 Å². The Morgan fingerprint density at radius 2 is 2.27 bits per heavy atom. The van der Waals surface area contributed by atoms with Gasteiger partial charge in [0.1, 0.15) is 5.69 Å². The predicted molar refractivity (Wildman–Crippen MR) is 83.8 cm³/mol. The number of fused-ring (bicyclic) bond motifs is 1. The van der Waals surface area contributed by atoms with Crippen LogP contribution < -0.4 is 16.4 Å². The summed E-state index contributed by atoms with van der Waals surface area (Å²) in [6.07, 6.45) is 9.38. The van der Waals surface area contributed by atoms with Crippen molar-refractivity contribution in [2.45, 2.75) is 37.4 Å². The molecule has 3 aliphatic rings. The van der Waals surface area contributed by atoms with Crippen LogP contribution in [0.15, 0.2) is 23.5 Å². The first-order valence-corrected chi connectivity index (χ1v) is 7.94. The van der Waals surface area contributed by atoms with Crippen molar-refractivity contribution in [1.82, 2.24) is 20.2 Å². The van der Waals surface area contributed by atoms with Crippen LogP contribution >= 0.6 is 0 Å². The monoisotopic (exact) mass is 302 g/mol. The lowest BCUT2D eigenvalue weighted by Crippen LogP contribution is -2.38. The van der Waals surface area contributed by atoms with E-state index in [0.717, 1.165) is 17.9 Å². The second-order valence-electron chi connectivity index (χ2n) is 6.36. The zero-order valence-corrected chi connectivity index (χ0v) is 12.4. The summed E-state index contributed by atoms with van der Waals surface area (Å²) in [5, 5.41) is 16.1. The molecule has 118 valence electrons. The Labute approximate surface area is 129 Å². The van der Waals surface area contributed by atoms with Gasteiger partial charge in [0.2, 0.25) is 0 Å². The number of allylic oxidation sites excluding steroid dienone is 1. The minimum absolute atomic E-state index is 0.132. The maximum atomic E-state index is 9.31. The molecule has 0 aromatic carbocycles. The molecule has 0 spiro atoms. The molecule has 0 saturated heterocycles. The molecule has 3 atom stereocenters. The molecule has 4 rings (SSSR count). The maximum absolute atomic E-state index is 9.31. The van der Waals surface area contributed by atoms with Crippen molar-refractivity contribution < 1.29 is 5.11 Å². The van der Waals surface area contributed by atoms with Crippen molar-refractivity contribution >= 4 is 11.8 Å². The number of aliphatic hydroxyl groups is 1. The Hall–Kier alpha value is -1.86. The van der Waals surface area contributed by atoms with Crippen LogP contribution in [0.4, 0.5) is 5.82 Å². The van der Waals surface area contributed by atoms with Gasteiger partial charge in [0.25, 0.3) is 0 Å². The number of aliphatic imine (C=N–C) groups is 1. The number of hydrogen-bond donors (Lipinski definition) is 4. The summed E-state index contributed by atoms with van der Waals surface area (Å²) in [6.45, 7) is 0.887. The molecule has 1 aromatic rings. The van der Waals surface area contributed by atoms with Crippen molar-refractivity contribution in [3.8, 4) is 0 Å². The number of rotatable bonds is 4. The molecule has 22 heavy (non-hydrogen) atoms. The van der Waals surface area contributed by atoms with Gasteiger partial charge < -0.3 is 26.0 Å². The number of aromatic nitrogens is 2. The topological polar surface area (TPSA) is 100 Å². The summed E-state index contributed by atoms with van der Waals surface area (Å²) in [4.78, 5) is 9.13. The Morgan fingerprint density at radius 1 is 1.41 bits per heavy atom. The van der Waals surface area contributed by atoms with Gasteiger partial charge in [-0.25, -0.2) is 4.98 Å². The van der Waals surface area contributed by atoms with Gasteiger partial charge in [-0.3, -0.25) is 0 Å². The summed E-state index contributed by atoms with van der Waals surface area (Å²) < 4.78 is 2.07. The molecule has 1 fully saturated rings. The highest BCUT2D eigenvalue weighted by Crippen LogP contribution is 2.36. The molecule has 7 nitrogen and oxygen atoms in total. The molecule has 0 radical (unpaired) electrons. The minimum atomic E-state index is 0.132. The second kappa shape index (κ2) is 5.40. The number of nitrogens with two attached hydrogens (primary N) is 1. The van der Waals surface area contributed by atoms with E-state index in [9.17, 15) is 5.11 Å². The highest BCUT2D eigenvalue weighted by Gasteiger charge is 2.31. The lowest BCUT2D eigenvalue weighted by Gasteiger charge is -2.16. The molecule has 1 aliphatic heterocycles. The van der Waals surface area contributed by atoms with Gasteiger partial charge >= 0.3 is 0 Å². The van der Waals surface area contributed by atoms with Crippen LogP contribution in [0.3, 0.4) is 0 Å². The van der Waals surface area contributed by atoms with Crippen molar-refractivity contribution in [3.63, 3.8) is 0 Å². The molecule has 3 unspecified atom stereocenters. The molecule has 1 aromatic heterocycles. The third kappa shape index (κ3) is 2.50. The van der Waals surface area contributed by atoms with Crippen LogP contribution in [-0.2, 0) is 0 Å². The lowest BCUT2D eigenvalue weighted by atomic mass is 10.1. The number of nitrogens with zero attached hydrogens (tertiary/aromatic N) is 3. The summed E-state index contributed by atoms with van der Waals surface area (Å²) >= 11 is 0. The van der Waals surface area contributed by atoms with Crippen molar-refractivity contribution in [2.24, 2.45) is 16.6 Å². The van der Waals surface area contributed by atoms with E-state index in [1.54, 1.807) is 0 Å². The van der Waals surface area contributed by atoms with Gasteiger partial charge in [-0.05, 0) is 19.3 Å². The van der Waals surface area contributed by atoms with Crippen LogP contribution in [0.5, 0.6) is 0 Å². The molecule has 2 aliphatic carbocycles. The Kier molecular flexibility index (Phi) is 3.38. The van der Waals surface area contributed by atoms with Crippen molar-refractivity contribution in [3.05, 3.63) is 24.2 Å². The van der Waals surface area contributed by atoms with Gasteiger partial charge in [0.15, 0.2) is 11.8 Å². The summed E-state index contributed by atoms with van der Waals surface area (Å²) in [5.74, 6) is 1.48. The first kappa shape index (κ1) is 13.8.